The number of nitrogens with zero attached hydrogens (tertiary/aromatic N) is 5. The summed E-state index contributed by atoms with van der Waals surface area (Å²) in [7, 11) is 1.36. The van der Waals surface area contributed by atoms with Gasteiger partial charge in [0, 0.05) is 36.0 Å². The highest BCUT2D eigenvalue weighted by molar-refractivity contribution is 5.81. The predicted octanol–water partition coefficient (Wildman–Crippen LogP) is 6.54. The third kappa shape index (κ3) is 6.76. The van der Waals surface area contributed by atoms with Gasteiger partial charge in [-0.3, -0.25) is 0 Å². The average Bonchev–Trinajstić information content (AvgIpc) is 3.46. The van der Waals surface area contributed by atoms with Crippen LogP contribution < -0.4 is 4.90 Å². The lowest BCUT2D eigenvalue weighted by molar-refractivity contribution is -0.164. The Hall–Kier alpha value is -4.72. The molecule has 0 saturated carbocycles. The van der Waals surface area contributed by atoms with Crippen molar-refractivity contribution in [1.29, 1.82) is 5.26 Å². The van der Waals surface area contributed by atoms with Crippen LogP contribution in [0.15, 0.2) is 61.2 Å². The molecule has 0 radical (unpaired) electrons. The van der Waals surface area contributed by atoms with Crippen LogP contribution in [0.2, 0.25) is 0 Å². The summed E-state index contributed by atoms with van der Waals surface area (Å²) >= 11 is 0. The van der Waals surface area contributed by atoms with Crippen molar-refractivity contribution in [3.63, 3.8) is 0 Å². The number of aryl methyl sites for hydroxylation is 1. The number of carbonyl (C=O) groups is 1. The Morgan fingerprint density at radius 3 is 2.54 bits per heavy atom. The highest BCUT2D eigenvalue weighted by atomic mass is 16.6. The molecule has 0 bridgehead atoms. The SMILES string of the molecule is C=CCOC1(C)CCN(c2c([C@H](OC(C)(C)C)C(=O)OC)c(C)nc3cc(-c4cccc(-c5cc(C#N)ccc5O)c4)nn23)CC1. The van der Waals surface area contributed by atoms with Gasteiger partial charge in [0.1, 0.15) is 11.6 Å². The number of esters is 1. The molecule has 0 spiro atoms. The molecule has 5 rings (SSSR count). The number of anilines is 1. The second kappa shape index (κ2) is 12.9. The number of aromatic nitrogens is 3. The number of piperidine rings is 1. The zero-order chi connectivity index (χ0) is 33.2. The van der Waals surface area contributed by atoms with Crippen LogP contribution in [0.1, 0.15) is 63.5 Å². The third-order valence-electron chi connectivity index (χ3n) is 8.22. The lowest BCUT2D eigenvalue weighted by Gasteiger charge is -2.41. The molecule has 2 aromatic carbocycles. The van der Waals surface area contributed by atoms with Crippen molar-refractivity contribution in [1.82, 2.24) is 14.6 Å². The minimum absolute atomic E-state index is 0.0808. The molecule has 46 heavy (non-hydrogen) atoms. The van der Waals surface area contributed by atoms with Crippen molar-refractivity contribution in [2.75, 3.05) is 31.7 Å². The number of rotatable bonds is 9. The molecule has 10 nitrogen and oxygen atoms in total. The molecule has 0 amide bonds. The largest absolute Gasteiger partial charge is 0.507 e. The van der Waals surface area contributed by atoms with Crippen LogP contribution in [0.5, 0.6) is 5.75 Å². The van der Waals surface area contributed by atoms with Crippen LogP contribution in [-0.2, 0) is 19.0 Å². The summed E-state index contributed by atoms with van der Waals surface area (Å²) in [6, 6.07) is 16.4. The second-order valence-corrected chi connectivity index (χ2v) is 12.8. The predicted molar refractivity (Wildman–Crippen MR) is 177 cm³/mol. The average molecular weight is 624 g/mol. The number of phenols is 1. The maximum Gasteiger partial charge on any atom is 0.339 e. The standard InChI is InChI=1S/C36H41N5O5/c1-8-18-45-36(6)14-16-40(17-15-36)33-31(32(34(43)44-7)46-35(3,4)5)23(2)38-30-21-28(39-41(30)33)26-11-9-10-25(20-26)27-19-24(22-37)12-13-29(27)42/h8-13,19-21,32,42H,1,14-18H2,2-7H3/t32-/m0/s1. The molecule has 4 aromatic rings. The first kappa shape index (κ1) is 32.7. The second-order valence-electron chi connectivity index (χ2n) is 12.8. The summed E-state index contributed by atoms with van der Waals surface area (Å²) in [5.41, 5.74) is 4.10. The van der Waals surface area contributed by atoms with Gasteiger partial charge in [0.2, 0.25) is 0 Å². The maximum absolute atomic E-state index is 13.3. The van der Waals surface area contributed by atoms with Gasteiger partial charge in [-0.25, -0.2) is 9.78 Å². The number of carbonyl (C=O) groups excluding carboxylic acids is 1. The van der Waals surface area contributed by atoms with Crippen molar-refractivity contribution >= 4 is 17.4 Å². The summed E-state index contributed by atoms with van der Waals surface area (Å²) in [5, 5.41) is 25.0. The molecule has 1 fully saturated rings. The minimum atomic E-state index is -1.03. The molecule has 3 heterocycles. The van der Waals surface area contributed by atoms with Crippen molar-refractivity contribution in [3.8, 4) is 34.2 Å². The third-order valence-corrected chi connectivity index (χ3v) is 8.22. The van der Waals surface area contributed by atoms with Gasteiger partial charge >= 0.3 is 5.97 Å². The van der Waals surface area contributed by atoms with E-state index in [0.717, 1.165) is 29.8 Å². The first-order chi connectivity index (χ1) is 21.9. The molecule has 1 N–H and O–H groups in total. The normalized spacial score (nSPS) is 15.4. The van der Waals surface area contributed by atoms with Gasteiger partial charge in [-0.05, 0) is 77.3 Å². The summed E-state index contributed by atoms with van der Waals surface area (Å²) in [6.07, 6.45) is 2.24. The number of hydrogen-bond donors (Lipinski definition) is 1. The topological polar surface area (TPSA) is 122 Å². The van der Waals surface area contributed by atoms with Gasteiger partial charge < -0.3 is 24.2 Å². The van der Waals surface area contributed by atoms with Crippen LogP contribution in [-0.4, -0.2) is 63.7 Å². The van der Waals surface area contributed by atoms with Gasteiger partial charge in [-0.1, -0.05) is 24.3 Å². The Kier molecular flexibility index (Phi) is 9.20. The highest BCUT2D eigenvalue weighted by Crippen LogP contribution is 2.39. The van der Waals surface area contributed by atoms with Crippen LogP contribution >= 0.6 is 0 Å². The fourth-order valence-corrected chi connectivity index (χ4v) is 5.83. The molecule has 0 unspecified atom stereocenters. The Morgan fingerprint density at radius 2 is 1.89 bits per heavy atom. The van der Waals surface area contributed by atoms with E-state index in [-0.39, 0.29) is 11.4 Å². The quantitative estimate of drug-likeness (QED) is 0.164. The van der Waals surface area contributed by atoms with Gasteiger partial charge in [-0.2, -0.15) is 14.9 Å². The van der Waals surface area contributed by atoms with Crippen molar-refractivity contribution in [3.05, 3.63) is 78.0 Å². The van der Waals surface area contributed by atoms with E-state index in [1.165, 1.54) is 13.2 Å². The fraction of sp³-hybridized carbons (Fsp3) is 0.389. The number of fused-ring (bicyclic) bond motifs is 1. The maximum atomic E-state index is 13.3. The molecule has 1 aliphatic heterocycles. The number of methoxy groups -OCH3 is 1. The number of nitriles is 1. The number of phenolic OH excluding ortho intramolecular Hbond substituents is 1. The van der Waals surface area contributed by atoms with E-state index in [4.69, 9.17) is 24.3 Å². The lowest BCUT2D eigenvalue weighted by Crippen LogP contribution is -2.45. The van der Waals surface area contributed by atoms with Crippen LogP contribution in [0, 0.1) is 18.3 Å². The summed E-state index contributed by atoms with van der Waals surface area (Å²) < 4.78 is 19.5. The zero-order valence-corrected chi connectivity index (χ0v) is 27.3. The van der Waals surface area contributed by atoms with Gasteiger partial charge in [0.15, 0.2) is 11.8 Å². The number of benzene rings is 2. The molecule has 240 valence electrons. The molecular weight excluding hydrogens is 582 g/mol. The molecular formula is C36H41N5O5. The molecule has 1 saturated heterocycles. The number of aromatic hydroxyl groups is 1. The van der Waals surface area contributed by atoms with Gasteiger partial charge in [0.25, 0.3) is 0 Å². The van der Waals surface area contributed by atoms with Crippen LogP contribution in [0.4, 0.5) is 5.82 Å². The first-order valence-corrected chi connectivity index (χ1v) is 15.4. The Bertz CT molecular complexity index is 1810. The van der Waals surface area contributed by atoms with Gasteiger partial charge in [-0.15, -0.1) is 6.58 Å². The van der Waals surface area contributed by atoms with Crippen molar-refractivity contribution < 1.29 is 24.1 Å². The molecule has 10 heteroatoms. The Labute approximate surface area is 269 Å². The fourth-order valence-electron chi connectivity index (χ4n) is 5.83. The zero-order valence-electron chi connectivity index (χ0n) is 27.3. The monoisotopic (exact) mass is 623 g/mol. The summed E-state index contributed by atoms with van der Waals surface area (Å²) in [5.74, 6) is 0.281. The van der Waals surface area contributed by atoms with Crippen LogP contribution in [0.3, 0.4) is 0 Å². The Balaban J connectivity index is 1.66. The Morgan fingerprint density at radius 1 is 1.17 bits per heavy atom. The lowest BCUT2D eigenvalue weighted by atomic mass is 9.92. The van der Waals surface area contributed by atoms with Crippen LogP contribution in [0.25, 0.3) is 28.0 Å². The molecule has 1 atom stereocenters. The van der Waals surface area contributed by atoms with E-state index in [2.05, 4.69) is 24.5 Å². The number of ether oxygens (including phenoxy) is 3. The molecule has 2 aromatic heterocycles. The first-order valence-electron chi connectivity index (χ1n) is 15.4. The van der Waals surface area contributed by atoms with Crippen molar-refractivity contribution in [2.45, 2.75) is 64.8 Å². The minimum Gasteiger partial charge on any atom is -0.507 e. The molecule has 0 aliphatic carbocycles. The van der Waals surface area contributed by atoms with E-state index < -0.39 is 17.7 Å². The summed E-state index contributed by atoms with van der Waals surface area (Å²) in [4.78, 5) is 20.4. The van der Waals surface area contributed by atoms with E-state index >= 15 is 0 Å². The summed E-state index contributed by atoms with van der Waals surface area (Å²) in [6.45, 7) is 15.3. The smallest absolute Gasteiger partial charge is 0.339 e. The van der Waals surface area contributed by atoms with E-state index in [0.29, 0.717) is 53.4 Å². The van der Waals surface area contributed by atoms with E-state index in [1.807, 2.05) is 58.0 Å². The van der Waals surface area contributed by atoms with Crippen molar-refractivity contribution in [2.24, 2.45) is 0 Å². The van der Waals surface area contributed by atoms with E-state index in [9.17, 15) is 15.2 Å². The molecule has 1 aliphatic rings. The van der Waals surface area contributed by atoms with E-state index in [1.54, 1.807) is 22.7 Å². The number of hydrogen-bond acceptors (Lipinski definition) is 9. The van der Waals surface area contributed by atoms with Gasteiger partial charge in [0.05, 0.1) is 47.8 Å². The highest BCUT2D eigenvalue weighted by Gasteiger charge is 2.38.